The van der Waals surface area contributed by atoms with Crippen LogP contribution >= 0.6 is 0 Å². The van der Waals surface area contributed by atoms with Crippen molar-refractivity contribution in [2.75, 3.05) is 13.7 Å². The highest BCUT2D eigenvalue weighted by Gasteiger charge is 2.19. The topological polar surface area (TPSA) is 91.4 Å². The van der Waals surface area contributed by atoms with Crippen molar-refractivity contribution in [3.05, 3.63) is 70.4 Å². The van der Waals surface area contributed by atoms with Gasteiger partial charge in [-0.25, -0.2) is 4.79 Å². The Kier molecular flexibility index (Phi) is 6.80. The maximum Gasteiger partial charge on any atom is 0.335 e. The Morgan fingerprint density at radius 1 is 1.19 bits per heavy atom. The molecule has 1 heterocycles. The van der Waals surface area contributed by atoms with Crippen molar-refractivity contribution in [3.63, 3.8) is 0 Å². The van der Waals surface area contributed by atoms with Crippen LogP contribution < -0.4 is 10.1 Å². The summed E-state index contributed by atoms with van der Waals surface area (Å²) in [5, 5.41) is 13.2. The number of carbonyl (C=O) groups excluding carboxylic acids is 1. The first kappa shape index (κ1) is 22.2. The second-order valence-corrected chi connectivity index (χ2v) is 7.62. The average Bonchev–Trinajstić information content (AvgIpc) is 3.19. The molecular weight excluding hydrogens is 392 g/mol. The summed E-state index contributed by atoms with van der Waals surface area (Å²) < 4.78 is 5.47. The number of amides is 1. The van der Waals surface area contributed by atoms with E-state index in [0.717, 1.165) is 34.0 Å². The van der Waals surface area contributed by atoms with Gasteiger partial charge in [-0.05, 0) is 54.8 Å². The van der Waals surface area contributed by atoms with Gasteiger partial charge in [0.1, 0.15) is 5.75 Å². The predicted octanol–water partition coefficient (Wildman–Crippen LogP) is 4.96. The monoisotopic (exact) mass is 420 g/mol. The normalized spacial score (nSPS) is 12.6. The maximum atomic E-state index is 12.2. The van der Waals surface area contributed by atoms with Gasteiger partial charge < -0.3 is 20.1 Å². The molecule has 6 heteroatoms. The number of benzene rings is 2. The zero-order chi connectivity index (χ0) is 22.5. The number of hydrogen-bond acceptors (Lipinski definition) is 3. The highest BCUT2D eigenvalue weighted by atomic mass is 16.5. The van der Waals surface area contributed by atoms with Crippen molar-refractivity contribution < 1.29 is 19.4 Å². The molecule has 0 aliphatic heterocycles. The molecule has 0 aliphatic carbocycles. The van der Waals surface area contributed by atoms with E-state index in [1.54, 1.807) is 25.3 Å². The Morgan fingerprint density at radius 3 is 2.65 bits per heavy atom. The first-order valence-electron chi connectivity index (χ1n) is 10.3. The number of carboxylic acid groups (broad SMARTS) is 1. The van der Waals surface area contributed by atoms with Crippen LogP contribution in [0.15, 0.2) is 48.2 Å². The number of aromatic amines is 1. The zero-order valence-electron chi connectivity index (χ0n) is 18.3. The molecule has 31 heavy (non-hydrogen) atoms. The number of aromatic nitrogens is 1. The summed E-state index contributed by atoms with van der Waals surface area (Å²) in [6.07, 6.45) is 4.74. The first-order chi connectivity index (χ1) is 14.8. The van der Waals surface area contributed by atoms with Gasteiger partial charge in [-0.3, -0.25) is 4.79 Å². The smallest absolute Gasteiger partial charge is 0.335 e. The molecule has 6 nitrogen and oxygen atoms in total. The summed E-state index contributed by atoms with van der Waals surface area (Å²) in [6, 6.07) is 11.0. The number of fused-ring (bicyclic) bond motifs is 1. The lowest BCUT2D eigenvalue weighted by Crippen LogP contribution is -2.24. The Bertz CT molecular complexity index is 1140. The van der Waals surface area contributed by atoms with Gasteiger partial charge in [0.2, 0.25) is 5.91 Å². The van der Waals surface area contributed by atoms with E-state index in [9.17, 15) is 14.7 Å². The minimum Gasteiger partial charge on any atom is -0.496 e. The molecule has 3 aromatic rings. The number of rotatable bonds is 8. The Labute approximate surface area is 181 Å². The van der Waals surface area contributed by atoms with Gasteiger partial charge in [-0.2, -0.15) is 0 Å². The van der Waals surface area contributed by atoms with Gasteiger partial charge in [0, 0.05) is 40.7 Å². The average molecular weight is 421 g/mol. The molecule has 2 aromatic carbocycles. The third kappa shape index (κ3) is 4.79. The minimum absolute atomic E-state index is 0.0280. The molecule has 0 spiro atoms. The predicted molar refractivity (Wildman–Crippen MR) is 123 cm³/mol. The number of methoxy groups -OCH3 is 1. The summed E-state index contributed by atoms with van der Waals surface area (Å²) in [5.74, 6) is -0.534. The number of nitrogens with one attached hydrogen (secondary N) is 2. The third-order valence-corrected chi connectivity index (χ3v) is 5.43. The number of hydrogen-bond donors (Lipinski definition) is 3. The Hall–Kier alpha value is -3.54. The van der Waals surface area contributed by atoms with Crippen molar-refractivity contribution in [1.82, 2.24) is 10.3 Å². The summed E-state index contributed by atoms with van der Waals surface area (Å²) >= 11 is 0. The van der Waals surface area contributed by atoms with Crippen LogP contribution in [0.3, 0.4) is 0 Å². The molecule has 0 radical (unpaired) electrons. The fourth-order valence-electron chi connectivity index (χ4n) is 3.67. The van der Waals surface area contributed by atoms with Crippen molar-refractivity contribution in [1.29, 1.82) is 0 Å². The van der Waals surface area contributed by atoms with Crippen LogP contribution in [-0.4, -0.2) is 35.6 Å². The molecule has 3 rings (SSSR count). The fraction of sp³-hybridized carbons (Fsp3) is 0.280. The fourth-order valence-corrected chi connectivity index (χ4v) is 3.67. The number of carboxylic acids is 1. The van der Waals surface area contributed by atoms with Crippen molar-refractivity contribution >= 4 is 28.9 Å². The second-order valence-electron chi connectivity index (χ2n) is 7.62. The Morgan fingerprint density at radius 2 is 1.97 bits per heavy atom. The molecule has 162 valence electrons. The van der Waals surface area contributed by atoms with Crippen molar-refractivity contribution in [3.8, 4) is 5.75 Å². The van der Waals surface area contributed by atoms with E-state index in [1.807, 2.05) is 38.3 Å². The first-order valence-corrected chi connectivity index (χ1v) is 10.3. The number of aromatic carboxylic acids is 1. The van der Waals surface area contributed by atoms with Crippen molar-refractivity contribution in [2.45, 2.75) is 33.1 Å². The highest BCUT2D eigenvalue weighted by Crippen LogP contribution is 2.36. The van der Waals surface area contributed by atoms with E-state index in [2.05, 4.69) is 23.3 Å². The van der Waals surface area contributed by atoms with Crippen LogP contribution in [0.25, 0.3) is 17.0 Å². The zero-order valence-corrected chi connectivity index (χ0v) is 18.3. The van der Waals surface area contributed by atoms with E-state index in [0.29, 0.717) is 17.9 Å². The van der Waals surface area contributed by atoms with Gasteiger partial charge in [0.05, 0.1) is 12.7 Å². The van der Waals surface area contributed by atoms with E-state index in [-0.39, 0.29) is 17.4 Å². The number of H-pyrrole nitrogens is 1. The van der Waals surface area contributed by atoms with Crippen LogP contribution in [0.2, 0.25) is 0 Å². The summed E-state index contributed by atoms with van der Waals surface area (Å²) in [5.41, 5.74) is 4.76. The summed E-state index contributed by atoms with van der Waals surface area (Å²) in [7, 11) is 1.54. The summed E-state index contributed by atoms with van der Waals surface area (Å²) in [6.45, 7) is 6.55. The third-order valence-electron chi connectivity index (χ3n) is 5.43. The number of ether oxygens (including phenoxy) is 1. The molecule has 0 saturated carbocycles. The van der Waals surface area contributed by atoms with Gasteiger partial charge in [-0.1, -0.05) is 26.0 Å². The molecule has 0 saturated heterocycles. The van der Waals surface area contributed by atoms with Crippen LogP contribution in [0.4, 0.5) is 0 Å². The quantitative estimate of drug-likeness (QED) is 0.449. The lowest BCUT2D eigenvalue weighted by Gasteiger charge is -2.16. The van der Waals surface area contributed by atoms with Gasteiger partial charge >= 0.3 is 5.97 Å². The van der Waals surface area contributed by atoms with Crippen LogP contribution in [-0.2, 0) is 4.79 Å². The molecule has 1 aromatic heterocycles. The minimum atomic E-state index is -0.987. The molecule has 0 fully saturated rings. The lowest BCUT2D eigenvalue weighted by molar-refractivity contribution is -0.117. The Balaban J connectivity index is 1.97. The van der Waals surface area contributed by atoms with Crippen LogP contribution in [0, 0.1) is 0 Å². The molecule has 3 N–H and O–H groups in total. The van der Waals surface area contributed by atoms with Crippen LogP contribution in [0.5, 0.6) is 5.75 Å². The molecular formula is C25H28N2O4. The number of carbonyl (C=O) groups is 2. The maximum absolute atomic E-state index is 12.2. The molecule has 1 amide bonds. The lowest BCUT2D eigenvalue weighted by atomic mass is 9.91. The van der Waals surface area contributed by atoms with E-state index in [4.69, 9.17) is 4.74 Å². The largest absolute Gasteiger partial charge is 0.496 e. The van der Waals surface area contributed by atoms with E-state index >= 15 is 0 Å². The molecule has 1 atom stereocenters. The van der Waals surface area contributed by atoms with Gasteiger partial charge in [0.15, 0.2) is 0 Å². The standard InChI is InChI=1S/C25H28N2O4/c1-5-10-26-24(28)15(2)11-17-6-9-22-20(12-17)21(14-27-22)16(3)19-8-7-18(25(29)30)13-23(19)31-4/h6-9,11-14,16,27H,5,10H2,1-4H3,(H,26,28)(H,29,30). The van der Waals surface area contributed by atoms with Gasteiger partial charge in [-0.15, -0.1) is 0 Å². The van der Waals surface area contributed by atoms with E-state index < -0.39 is 5.97 Å². The van der Waals surface area contributed by atoms with E-state index in [1.165, 1.54) is 0 Å². The second kappa shape index (κ2) is 9.51. The highest BCUT2D eigenvalue weighted by molar-refractivity contribution is 5.98. The summed E-state index contributed by atoms with van der Waals surface area (Å²) in [4.78, 5) is 26.8. The van der Waals surface area contributed by atoms with Crippen LogP contribution in [0.1, 0.15) is 60.2 Å². The SMILES string of the molecule is CCCNC(=O)C(C)=Cc1ccc2[nH]cc(C(C)c3ccc(C(=O)O)cc3OC)c2c1. The molecule has 0 bridgehead atoms. The van der Waals surface area contributed by atoms with Gasteiger partial charge in [0.25, 0.3) is 0 Å². The molecule has 1 unspecified atom stereocenters. The van der Waals surface area contributed by atoms with Crippen molar-refractivity contribution in [2.24, 2.45) is 0 Å². The molecule has 0 aliphatic rings.